The first-order valence-electron chi connectivity index (χ1n) is 9.33. The summed E-state index contributed by atoms with van der Waals surface area (Å²) in [4.78, 5) is 16.5. The number of nitrogens with zero attached hydrogens (tertiary/aromatic N) is 4. The van der Waals surface area contributed by atoms with Gasteiger partial charge in [0.15, 0.2) is 5.69 Å². The summed E-state index contributed by atoms with van der Waals surface area (Å²) in [5.74, 6) is 0.686. The second-order valence-electron chi connectivity index (χ2n) is 6.83. The Morgan fingerprint density at radius 1 is 1.24 bits per heavy atom. The Balaban J connectivity index is 1.41. The van der Waals surface area contributed by atoms with E-state index in [1.165, 1.54) is 0 Å². The number of hydrogen-bond acceptors (Lipinski definition) is 8. The SMILES string of the molecule is Cc1ccc(-c2noc(C)c2COc2ccc(C(=O)N[C@H]3CCOC3)nn2)cn1. The third kappa shape index (κ3) is 4.40. The van der Waals surface area contributed by atoms with E-state index in [-0.39, 0.29) is 24.2 Å². The zero-order valence-corrected chi connectivity index (χ0v) is 16.2. The molecular weight excluding hydrogens is 374 g/mol. The van der Waals surface area contributed by atoms with Gasteiger partial charge in [0.2, 0.25) is 5.88 Å². The van der Waals surface area contributed by atoms with E-state index < -0.39 is 0 Å². The normalized spacial score (nSPS) is 16.0. The Kier molecular flexibility index (Phi) is 5.48. The summed E-state index contributed by atoms with van der Waals surface area (Å²) in [5.41, 5.74) is 3.49. The molecule has 9 heteroatoms. The fourth-order valence-corrected chi connectivity index (χ4v) is 2.97. The van der Waals surface area contributed by atoms with E-state index in [4.69, 9.17) is 14.0 Å². The van der Waals surface area contributed by atoms with Crippen LogP contribution in [-0.2, 0) is 11.3 Å². The number of aryl methyl sites for hydroxylation is 2. The molecule has 1 atom stereocenters. The van der Waals surface area contributed by atoms with Crippen molar-refractivity contribution in [2.24, 2.45) is 0 Å². The van der Waals surface area contributed by atoms with Gasteiger partial charge in [-0.15, -0.1) is 10.2 Å². The van der Waals surface area contributed by atoms with Crippen molar-refractivity contribution in [3.63, 3.8) is 0 Å². The molecule has 1 aliphatic heterocycles. The van der Waals surface area contributed by atoms with Gasteiger partial charge in [-0.25, -0.2) is 0 Å². The average molecular weight is 395 g/mol. The number of aromatic nitrogens is 4. The standard InChI is InChI=1S/C20H21N5O4/c1-12-3-4-14(9-21-12)19-16(13(2)29-25-19)11-28-18-6-5-17(23-24-18)20(26)22-15-7-8-27-10-15/h3-6,9,15H,7-8,10-11H2,1-2H3,(H,22,26)/t15-/m0/s1. The van der Waals surface area contributed by atoms with Gasteiger partial charge in [0.25, 0.3) is 5.91 Å². The lowest BCUT2D eigenvalue weighted by Gasteiger charge is -2.10. The second-order valence-corrected chi connectivity index (χ2v) is 6.83. The summed E-state index contributed by atoms with van der Waals surface area (Å²) in [6.07, 6.45) is 2.55. The molecule has 0 radical (unpaired) electrons. The number of amides is 1. The van der Waals surface area contributed by atoms with Gasteiger partial charge in [0, 0.05) is 30.1 Å². The predicted octanol–water partition coefficient (Wildman–Crippen LogP) is 2.24. The average Bonchev–Trinajstić information content (AvgIpc) is 3.37. The van der Waals surface area contributed by atoms with Crippen molar-refractivity contribution in [3.8, 4) is 17.1 Å². The third-order valence-electron chi connectivity index (χ3n) is 4.67. The van der Waals surface area contributed by atoms with E-state index in [2.05, 4.69) is 25.7 Å². The van der Waals surface area contributed by atoms with Crippen LogP contribution in [0.1, 0.15) is 33.9 Å². The second kappa shape index (κ2) is 8.36. The molecule has 3 aromatic heterocycles. The molecule has 4 rings (SSSR count). The van der Waals surface area contributed by atoms with E-state index in [0.717, 1.165) is 23.2 Å². The Morgan fingerprint density at radius 3 is 2.83 bits per heavy atom. The quantitative estimate of drug-likeness (QED) is 0.676. The van der Waals surface area contributed by atoms with Crippen LogP contribution in [0.3, 0.4) is 0 Å². The van der Waals surface area contributed by atoms with Crippen molar-refractivity contribution in [2.45, 2.75) is 32.9 Å². The predicted molar refractivity (Wildman–Crippen MR) is 102 cm³/mol. The largest absolute Gasteiger partial charge is 0.472 e. The van der Waals surface area contributed by atoms with Gasteiger partial charge in [0.1, 0.15) is 18.1 Å². The highest BCUT2D eigenvalue weighted by atomic mass is 16.5. The molecule has 1 saturated heterocycles. The molecule has 0 bridgehead atoms. The fourth-order valence-electron chi connectivity index (χ4n) is 2.97. The number of rotatable bonds is 6. The number of hydrogen-bond donors (Lipinski definition) is 1. The van der Waals surface area contributed by atoms with Crippen molar-refractivity contribution in [1.82, 2.24) is 25.7 Å². The van der Waals surface area contributed by atoms with Gasteiger partial charge in [-0.2, -0.15) is 0 Å². The first kappa shape index (κ1) is 19.0. The Hall–Kier alpha value is -3.33. The lowest BCUT2D eigenvalue weighted by Crippen LogP contribution is -2.35. The summed E-state index contributed by atoms with van der Waals surface area (Å²) in [7, 11) is 0. The molecule has 0 saturated carbocycles. The highest BCUT2D eigenvalue weighted by molar-refractivity contribution is 5.92. The number of carbonyl (C=O) groups is 1. The number of pyridine rings is 1. The topological polar surface area (TPSA) is 112 Å². The molecule has 0 unspecified atom stereocenters. The summed E-state index contributed by atoms with van der Waals surface area (Å²) in [5, 5.41) is 14.9. The molecule has 29 heavy (non-hydrogen) atoms. The lowest BCUT2D eigenvalue weighted by atomic mass is 10.1. The molecule has 0 spiro atoms. The molecule has 4 heterocycles. The molecule has 3 aromatic rings. The van der Waals surface area contributed by atoms with Crippen molar-refractivity contribution in [3.05, 3.63) is 53.2 Å². The van der Waals surface area contributed by atoms with E-state index >= 15 is 0 Å². The molecular formula is C20H21N5O4. The fraction of sp³-hybridized carbons (Fsp3) is 0.350. The van der Waals surface area contributed by atoms with Crippen LogP contribution in [0.5, 0.6) is 5.88 Å². The molecule has 1 amide bonds. The third-order valence-corrected chi connectivity index (χ3v) is 4.67. The van der Waals surface area contributed by atoms with Gasteiger partial charge >= 0.3 is 0 Å². The summed E-state index contributed by atoms with van der Waals surface area (Å²) in [6, 6.07) is 7.07. The monoisotopic (exact) mass is 395 g/mol. The van der Waals surface area contributed by atoms with Crippen LogP contribution in [0.25, 0.3) is 11.3 Å². The van der Waals surface area contributed by atoms with Crippen molar-refractivity contribution < 1.29 is 18.8 Å². The minimum atomic E-state index is -0.274. The zero-order valence-electron chi connectivity index (χ0n) is 16.2. The minimum absolute atomic E-state index is 0.0199. The molecule has 1 N–H and O–H groups in total. The molecule has 1 fully saturated rings. The van der Waals surface area contributed by atoms with E-state index in [1.807, 2.05) is 26.0 Å². The van der Waals surface area contributed by atoms with Crippen LogP contribution in [0.15, 0.2) is 35.0 Å². The molecule has 0 aliphatic carbocycles. The van der Waals surface area contributed by atoms with Crippen LogP contribution in [-0.4, -0.2) is 45.5 Å². The summed E-state index contributed by atoms with van der Waals surface area (Å²) in [6.45, 7) is 5.14. The maximum Gasteiger partial charge on any atom is 0.272 e. The van der Waals surface area contributed by atoms with Crippen LogP contribution in [0, 0.1) is 13.8 Å². The highest BCUT2D eigenvalue weighted by Crippen LogP contribution is 2.26. The number of nitrogens with one attached hydrogen (secondary N) is 1. The summed E-state index contributed by atoms with van der Waals surface area (Å²) < 4.78 is 16.3. The van der Waals surface area contributed by atoms with E-state index in [0.29, 0.717) is 30.5 Å². The Labute approximate surface area is 167 Å². The van der Waals surface area contributed by atoms with Crippen molar-refractivity contribution in [1.29, 1.82) is 0 Å². The molecule has 0 aromatic carbocycles. The highest BCUT2D eigenvalue weighted by Gasteiger charge is 2.20. The molecule has 150 valence electrons. The smallest absolute Gasteiger partial charge is 0.272 e. The van der Waals surface area contributed by atoms with Crippen LogP contribution < -0.4 is 10.1 Å². The summed E-state index contributed by atoms with van der Waals surface area (Å²) >= 11 is 0. The van der Waals surface area contributed by atoms with Crippen LogP contribution in [0.2, 0.25) is 0 Å². The van der Waals surface area contributed by atoms with Gasteiger partial charge in [-0.3, -0.25) is 9.78 Å². The number of ether oxygens (including phenoxy) is 2. The Morgan fingerprint density at radius 2 is 2.14 bits per heavy atom. The maximum atomic E-state index is 12.2. The van der Waals surface area contributed by atoms with Gasteiger partial charge < -0.3 is 19.3 Å². The number of carbonyl (C=O) groups excluding carboxylic acids is 1. The van der Waals surface area contributed by atoms with Gasteiger partial charge in [0.05, 0.1) is 18.2 Å². The maximum absolute atomic E-state index is 12.2. The molecule has 1 aliphatic rings. The first-order valence-corrected chi connectivity index (χ1v) is 9.33. The van der Waals surface area contributed by atoms with Crippen LogP contribution in [0.4, 0.5) is 0 Å². The van der Waals surface area contributed by atoms with Crippen molar-refractivity contribution >= 4 is 5.91 Å². The van der Waals surface area contributed by atoms with Crippen molar-refractivity contribution in [2.75, 3.05) is 13.2 Å². The first-order chi connectivity index (χ1) is 14.1. The van der Waals surface area contributed by atoms with Crippen LogP contribution >= 0.6 is 0 Å². The lowest BCUT2D eigenvalue weighted by molar-refractivity contribution is 0.0923. The van der Waals surface area contributed by atoms with E-state index in [9.17, 15) is 4.79 Å². The molecule has 9 nitrogen and oxygen atoms in total. The zero-order chi connectivity index (χ0) is 20.2. The van der Waals surface area contributed by atoms with E-state index in [1.54, 1.807) is 18.3 Å². The Bertz CT molecular complexity index is 979. The minimum Gasteiger partial charge on any atom is -0.472 e. The van der Waals surface area contributed by atoms with Gasteiger partial charge in [-0.05, 0) is 38.5 Å². The van der Waals surface area contributed by atoms with Gasteiger partial charge in [-0.1, -0.05) is 5.16 Å².